The van der Waals surface area contributed by atoms with Gasteiger partial charge in [0.05, 0.1) is 0 Å². The van der Waals surface area contributed by atoms with Crippen LogP contribution in [0.1, 0.15) is 11.1 Å². The fraction of sp³-hybridized carbons (Fsp3) is 0.0270. The van der Waals surface area contributed by atoms with Crippen molar-refractivity contribution in [2.24, 2.45) is 0 Å². The first-order valence-corrected chi connectivity index (χ1v) is 13.1. The summed E-state index contributed by atoms with van der Waals surface area (Å²) in [5.74, 6) is 0. The zero-order valence-corrected chi connectivity index (χ0v) is 21.2. The van der Waals surface area contributed by atoms with Crippen molar-refractivity contribution in [3.8, 4) is 33.4 Å². The highest BCUT2D eigenvalue weighted by molar-refractivity contribution is 5.85. The maximum absolute atomic E-state index is 3.50. The Kier molecular flexibility index (Phi) is 6.82. The number of rotatable bonds is 4. The van der Waals surface area contributed by atoms with E-state index in [0.717, 1.165) is 17.8 Å². The minimum atomic E-state index is 1.01. The van der Waals surface area contributed by atoms with Crippen LogP contribution in [0.15, 0.2) is 158 Å². The van der Waals surface area contributed by atoms with E-state index in [1.165, 1.54) is 44.5 Å². The third kappa shape index (κ3) is 5.14. The fourth-order valence-electron chi connectivity index (χ4n) is 5.14. The monoisotopic (exact) mass is 487 g/mol. The molecular formula is C37H29N. The Labute approximate surface area is 225 Å². The summed E-state index contributed by atoms with van der Waals surface area (Å²) < 4.78 is 0. The Balaban J connectivity index is 0.000000184. The normalized spacial score (nSPS) is 11.1. The minimum absolute atomic E-state index is 1.01. The lowest BCUT2D eigenvalue weighted by Crippen LogP contribution is -1.92. The molecule has 0 amide bonds. The van der Waals surface area contributed by atoms with E-state index in [0.29, 0.717) is 0 Å². The molecule has 38 heavy (non-hydrogen) atoms. The van der Waals surface area contributed by atoms with Gasteiger partial charge < -0.3 is 5.32 Å². The van der Waals surface area contributed by atoms with Gasteiger partial charge in [0.25, 0.3) is 0 Å². The number of para-hydroxylation sites is 1. The molecule has 0 bridgehead atoms. The van der Waals surface area contributed by atoms with E-state index in [4.69, 9.17) is 0 Å². The molecule has 6 aromatic rings. The maximum atomic E-state index is 3.50. The van der Waals surface area contributed by atoms with E-state index in [-0.39, 0.29) is 0 Å². The van der Waals surface area contributed by atoms with Gasteiger partial charge in [0, 0.05) is 11.4 Å². The molecule has 1 aliphatic rings. The predicted octanol–water partition coefficient (Wildman–Crippen LogP) is 10.0. The van der Waals surface area contributed by atoms with Crippen LogP contribution < -0.4 is 5.32 Å². The smallest absolute Gasteiger partial charge is 0.0390 e. The molecule has 0 atom stereocenters. The molecule has 0 spiro atoms. The summed E-state index contributed by atoms with van der Waals surface area (Å²) in [6.45, 7) is 0. The third-order valence-corrected chi connectivity index (χ3v) is 6.97. The van der Waals surface area contributed by atoms with Crippen LogP contribution in [-0.4, -0.2) is 0 Å². The second-order valence-electron chi connectivity index (χ2n) is 9.47. The molecule has 0 saturated heterocycles. The van der Waals surface area contributed by atoms with E-state index < -0.39 is 0 Å². The van der Waals surface area contributed by atoms with Gasteiger partial charge in [0.15, 0.2) is 0 Å². The Hall–Kier alpha value is -4.88. The number of anilines is 2. The molecule has 0 radical (unpaired) electrons. The Morgan fingerprint density at radius 1 is 0.368 bits per heavy atom. The topological polar surface area (TPSA) is 12.0 Å². The van der Waals surface area contributed by atoms with Crippen LogP contribution in [0, 0.1) is 0 Å². The third-order valence-electron chi connectivity index (χ3n) is 6.97. The van der Waals surface area contributed by atoms with E-state index in [1.807, 2.05) is 30.3 Å². The van der Waals surface area contributed by atoms with Gasteiger partial charge in [-0.3, -0.25) is 0 Å². The number of hydrogen-bond donors (Lipinski definition) is 1. The van der Waals surface area contributed by atoms with Crippen molar-refractivity contribution < 1.29 is 0 Å². The molecule has 182 valence electrons. The van der Waals surface area contributed by atoms with Crippen LogP contribution in [0.4, 0.5) is 11.4 Å². The van der Waals surface area contributed by atoms with Crippen molar-refractivity contribution in [3.05, 3.63) is 169 Å². The van der Waals surface area contributed by atoms with Gasteiger partial charge >= 0.3 is 0 Å². The lowest BCUT2D eigenvalue weighted by molar-refractivity contribution is 1.26. The highest BCUT2D eigenvalue weighted by Crippen LogP contribution is 2.41. The van der Waals surface area contributed by atoms with Gasteiger partial charge in [-0.05, 0) is 75.2 Å². The van der Waals surface area contributed by atoms with E-state index in [2.05, 4.69) is 133 Å². The fourth-order valence-corrected chi connectivity index (χ4v) is 5.14. The van der Waals surface area contributed by atoms with Crippen LogP contribution in [-0.2, 0) is 6.42 Å². The first-order chi connectivity index (χ1) is 18.8. The summed E-state index contributed by atoms with van der Waals surface area (Å²) >= 11 is 0. The number of benzene rings is 6. The standard InChI is InChI=1S/C25H19N.C12H10/c1-2-10-20(11-3-1)26-21-12-6-9-18(16-21)23-14-7-15-24-22-13-5-4-8-19(22)17-25(23)24;1-3-7-11(8-4-1)12-9-5-2-6-10-12/h1-16,26H,17H2;1-10H. The van der Waals surface area contributed by atoms with Crippen molar-refractivity contribution >= 4 is 11.4 Å². The van der Waals surface area contributed by atoms with Gasteiger partial charge in [-0.2, -0.15) is 0 Å². The van der Waals surface area contributed by atoms with Crippen LogP contribution in [0.3, 0.4) is 0 Å². The highest BCUT2D eigenvalue weighted by atomic mass is 14.9. The minimum Gasteiger partial charge on any atom is -0.356 e. The van der Waals surface area contributed by atoms with Crippen molar-refractivity contribution in [1.29, 1.82) is 0 Å². The molecule has 6 aromatic carbocycles. The van der Waals surface area contributed by atoms with Crippen LogP contribution in [0.2, 0.25) is 0 Å². The quantitative estimate of drug-likeness (QED) is 0.260. The molecule has 0 fully saturated rings. The average molecular weight is 488 g/mol. The van der Waals surface area contributed by atoms with E-state index >= 15 is 0 Å². The van der Waals surface area contributed by atoms with E-state index in [1.54, 1.807) is 0 Å². The highest BCUT2D eigenvalue weighted by Gasteiger charge is 2.20. The zero-order chi connectivity index (χ0) is 25.6. The van der Waals surface area contributed by atoms with Crippen molar-refractivity contribution in [3.63, 3.8) is 0 Å². The lowest BCUT2D eigenvalue weighted by Gasteiger charge is -2.12. The van der Waals surface area contributed by atoms with Crippen LogP contribution in [0.5, 0.6) is 0 Å². The SMILES string of the molecule is c1ccc(-c2ccccc2)cc1.c1ccc(Nc2cccc(-c3cccc4c3Cc3ccccc3-4)c2)cc1. The second kappa shape index (κ2) is 11.0. The lowest BCUT2D eigenvalue weighted by atomic mass is 9.95. The van der Waals surface area contributed by atoms with E-state index in [9.17, 15) is 0 Å². The van der Waals surface area contributed by atoms with Gasteiger partial charge in [0.1, 0.15) is 0 Å². The second-order valence-corrected chi connectivity index (χ2v) is 9.47. The summed E-state index contributed by atoms with van der Waals surface area (Å²) in [4.78, 5) is 0. The molecule has 0 heterocycles. The largest absolute Gasteiger partial charge is 0.356 e. The summed E-state index contributed by atoms with van der Waals surface area (Å²) in [7, 11) is 0. The molecule has 1 nitrogen and oxygen atoms in total. The molecule has 1 aliphatic carbocycles. The molecule has 1 heteroatoms. The predicted molar refractivity (Wildman–Crippen MR) is 162 cm³/mol. The first-order valence-electron chi connectivity index (χ1n) is 13.1. The van der Waals surface area contributed by atoms with Gasteiger partial charge in [-0.15, -0.1) is 0 Å². The van der Waals surface area contributed by atoms with Gasteiger partial charge in [-0.1, -0.05) is 133 Å². The molecule has 1 N–H and O–H groups in total. The molecule has 0 aliphatic heterocycles. The summed E-state index contributed by atoms with van der Waals surface area (Å²) in [6.07, 6.45) is 1.01. The molecule has 0 unspecified atom stereocenters. The van der Waals surface area contributed by atoms with Crippen LogP contribution in [0.25, 0.3) is 33.4 Å². The Morgan fingerprint density at radius 3 is 1.58 bits per heavy atom. The molecule has 0 aromatic heterocycles. The zero-order valence-electron chi connectivity index (χ0n) is 21.2. The van der Waals surface area contributed by atoms with Gasteiger partial charge in [-0.25, -0.2) is 0 Å². The molecule has 0 saturated carbocycles. The van der Waals surface area contributed by atoms with Crippen molar-refractivity contribution in [2.45, 2.75) is 6.42 Å². The summed E-state index contributed by atoms with van der Waals surface area (Å²) in [5, 5.41) is 3.50. The van der Waals surface area contributed by atoms with Crippen molar-refractivity contribution in [1.82, 2.24) is 0 Å². The van der Waals surface area contributed by atoms with Crippen molar-refractivity contribution in [2.75, 3.05) is 5.32 Å². The molecular weight excluding hydrogens is 458 g/mol. The first kappa shape index (κ1) is 23.5. The summed E-state index contributed by atoms with van der Waals surface area (Å²) in [5.41, 5.74) is 13.0. The average Bonchev–Trinajstić information content (AvgIpc) is 3.38. The summed E-state index contributed by atoms with van der Waals surface area (Å²) in [6, 6.07) is 55.2. The number of fused-ring (bicyclic) bond motifs is 3. The number of hydrogen-bond acceptors (Lipinski definition) is 1. The molecule has 7 rings (SSSR count). The van der Waals surface area contributed by atoms with Gasteiger partial charge in [0.2, 0.25) is 0 Å². The Morgan fingerprint density at radius 2 is 0.868 bits per heavy atom. The Bertz CT molecular complexity index is 1600. The van der Waals surface area contributed by atoms with Crippen LogP contribution >= 0.6 is 0 Å². The number of nitrogens with one attached hydrogen (secondary N) is 1. The maximum Gasteiger partial charge on any atom is 0.0390 e.